The van der Waals surface area contributed by atoms with E-state index in [2.05, 4.69) is 5.32 Å². The van der Waals surface area contributed by atoms with Gasteiger partial charge in [0.1, 0.15) is 5.75 Å². The summed E-state index contributed by atoms with van der Waals surface area (Å²) < 4.78 is 5.75. The molecule has 2 aromatic rings. The summed E-state index contributed by atoms with van der Waals surface area (Å²) in [6.45, 7) is 5.92. The molecule has 0 fully saturated rings. The maximum absolute atomic E-state index is 12.4. The van der Waals surface area contributed by atoms with Crippen LogP contribution in [0.5, 0.6) is 5.75 Å². The number of amides is 1. The van der Waals surface area contributed by atoms with Crippen LogP contribution in [0.15, 0.2) is 42.5 Å². The number of ether oxygens (including phenoxy) is 1. The van der Waals surface area contributed by atoms with Crippen molar-refractivity contribution in [1.29, 1.82) is 0 Å². The highest BCUT2D eigenvalue weighted by Crippen LogP contribution is 2.21. The number of benzene rings is 2. The van der Waals surface area contributed by atoms with Crippen LogP contribution in [-0.4, -0.2) is 12.0 Å². The zero-order valence-corrected chi connectivity index (χ0v) is 13.8. The number of carbonyl (C=O) groups is 1. The first-order chi connectivity index (χ1) is 10.5. The van der Waals surface area contributed by atoms with Gasteiger partial charge in [0.15, 0.2) is 6.10 Å². The Morgan fingerprint density at radius 2 is 1.95 bits per heavy atom. The highest BCUT2D eigenvalue weighted by molar-refractivity contribution is 6.30. The Bertz CT molecular complexity index is 670. The van der Waals surface area contributed by atoms with Gasteiger partial charge in [0, 0.05) is 10.7 Å². The first-order valence-electron chi connectivity index (χ1n) is 7.30. The molecule has 0 unspecified atom stereocenters. The van der Waals surface area contributed by atoms with Crippen LogP contribution in [0.25, 0.3) is 0 Å². The number of nitrogens with one attached hydrogen (secondary N) is 1. The van der Waals surface area contributed by atoms with Crippen LogP contribution in [0.2, 0.25) is 5.02 Å². The molecule has 116 valence electrons. The Balaban J connectivity index is 2.10. The molecule has 0 saturated heterocycles. The number of halogens is 1. The van der Waals surface area contributed by atoms with Gasteiger partial charge in [-0.15, -0.1) is 0 Å². The zero-order chi connectivity index (χ0) is 16.1. The van der Waals surface area contributed by atoms with E-state index >= 15 is 0 Å². The molecule has 0 heterocycles. The molecule has 0 aromatic heterocycles. The van der Waals surface area contributed by atoms with E-state index in [4.69, 9.17) is 16.3 Å². The van der Waals surface area contributed by atoms with Gasteiger partial charge in [0.2, 0.25) is 0 Å². The summed E-state index contributed by atoms with van der Waals surface area (Å²) in [4.78, 5) is 12.4. The molecule has 1 atom stereocenters. The molecule has 1 amide bonds. The van der Waals surface area contributed by atoms with Crippen LogP contribution in [0.3, 0.4) is 0 Å². The fourth-order valence-electron chi connectivity index (χ4n) is 2.13. The van der Waals surface area contributed by atoms with Crippen LogP contribution < -0.4 is 10.1 Å². The summed E-state index contributed by atoms with van der Waals surface area (Å²) in [6, 6.07) is 12.9. The maximum atomic E-state index is 12.4. The minimum absolute atomic E-state index is 0.156. The molecule has 0 bridgehead atoms. The third-order valence-corrected chi connectivity index (χ3v) is 3.84. The van der Waals surface area contributed by atoms with E-state index < -0.39 is 6.10 Å². The molecule has 2 rings (SSSR count). The molecule has 0 spiro atoms. The fourth-order valence-corrected chi connectivity index (χ4v) is 2.31. The lowest BCUT2D eigenvalue weighted by Crippen LogP contribution is -2.32. The summed E-state index contributed by atoms with van der Waals surface area (Å²) in [5, 5.41) is 3.53. The van der Waals surface area contributed by atoms with Gasteiger partial charge in [0.05, 0.1) is 0 Å². The number of aryl methyl sites for hydroxylation is 1. The molecule has 2 aromatic carbocycles. The Morgan fingerprint density at radius 3 is 2.64 bits per heavy atom. The maximum Gasteiger partial charge on any atom is 0.265 e. The second kappa shape index (κ2) is 7.32. The van der Waals surface area contributed by atoms with Crippen LogP contribution in [0.1, 0.15) is 24.5 Å². The summed E-state index contributed by atoms with van der Waals surface area (Å²) in [5.74, 6) is 0.437. The van der Waals surface area contributed by atoms with Crippen molar-refractivity contribution in [1.82, 2.24) is 0 Å². The van der Waals surface area contributed by atoms with E-state index in [1.807, 2.05) is 39.0 Å². The number of anilines is 1. The Morgan fingerprint density at radius 1 is 1.23 bits per heavy atom. The molecular formula is C18H20ClNO2. The van der Waals surface area contributed by atoms with Crippen LogP contribution in [-0.2, 0) is 4.79 Å². The van der Waals surface area contributed by atoms with E-state index in [1.54, 1.807) is 24.3 Å². The predicted octanol–water partition coefficient (Wildman–Crippen LogP) is 4.75. The highest BCUT2D eigenvalue weighted by atomic mass is 35.5. The van der Waals surface area contributed by atoms with Gasteiger partial charge in [-0.25, -0.2) is 0 Å². The number of rotatable bonds is 5. The number of hydrogen-bond acceptors (Lipinski definition) is 2. The van der Waals surface area contributed by atoms with Crippen molar-refractivity contribution in [2.24, 2.45) is 0 Å². The van der Waals surface area contributed by atoms with Crippen molar-refractivity contribution in [3.05, 3.63) is 58.6 Å². The molecule has 0 saturated carbocycles. The number of carbonyl (C=O) groups excluding carboxylic acids is 1. The van der Waals surface area contributed by atoms with Crippen LogP contribution in [0.4, 0.5) is 5.69 Å². The fraction of sp³-hybridized carbons (Fsp3) is 0.278. The van der Waals surface area contributed by atoms with Gasteiger partial charge in [0.25, 0.3) is 5.91 Å². The van der Waals surface area contributed by atoms with Crippen molar-refractivity contribution >= 4 is 23.2 Å². The van der Waals surface area contributed by atoms with Gasteiger partial charge >= 0.3 is 0 Å². The minimum atomic E-state index is -0.557. The largest absolute Gasteiger partial charge is 0.481 e. The topological polar surface area (TPSA) is 38.3 Å². The van der Waals surface area contributed by atoms with Gasteiger partial charge in [-0.2, -0.15) is 0 Å². The third kappa shape index (κ3) is 4.01. The smallest absolute Gasteiger partial charge is 0.265 e. The van der Waals surface area contributed by atoms with Gasteiger partial charge in [-0.05, 0) is 55.7 Å². The van der Waals surface area contributed by atoms with Gasteiger partial charge < -0.3 is 10.1 Å². The first-order valence-corrected chi connectivity index (χ1v) is 7.68. The summed E-state index contributed by atoms with van der Waals surface area (Å²) in [6.07, 6.45) is 0.0156. The van der Waals surface area contributed by atoms with E-state index in [0.29, 0.717) is 17.2 Å². The summed E-state index contributed by atoms with van der Waals surface area (Å²) in [5.41, 5.74) is 3.02. The Labute approximate surface area is 136 Å². The van der Waals surface area contributed by atoms with E-state index in [0.717, 1.165) is 16.8 Å². The Kier molecular flexibility index (Phi) is 5.45. The third-order valence-electron chi connectivity index (χ3n) is 3.60. The lowest BCUT2D eigenvalue weighted by molar-refractivity contribution is -0.122. The monoisotopic (exact) mass is 317 g/mol. The van der Waals surface area contributed by atoms with Crippen LogP contribution in [0, 0.1) is 13.8 Å². The van der Waals surface area contributed by atoms with Gasteiger partial charge in [-0.1, -0.05) is 36.7 Å². The molecule has 22 heavy (non-hydrogen) atoms. The predicted molar refractivity (Wildman–Crippen MR) is 90.7 cm³/mol. The molecule has 0 aliphatic carbocycles. The average molecular weight is 318 g/mol. The van der Waals surface area contributed by atoms with Crippen molar-refractivity contribution in [3.63, 3.8) is 0 Å². The van der Waals surface area contributed by atoms with E-state index in [-0.39, 0.29) is 5.91 Å². The van der Waals surface area contributed by atoms with E-state index in [9.17, 15) is 4.79 Å². The standard InChI is InChI=1S/C18H20ClNO2/c1-4-17(22-15-9-6-8-14(19)11-15)18(21)20-16-10-5-7-12(2)13(16)3/h5-11,17H,4H2,1-3H3,(H,20,21)/t17-/m0/s1. The highest BCUT2D eigenvalue weighted by Gasteiger charge is 2.19. The van der Waals surface area contributed by atoms with Crippen LogP contribution >= 0.6 is 11.6 Å². The van der Waals surface area contributed by atoms with Crippen molar-refractivity contribution in [2.45, 2.75) is 33.3 Å². The molecule has 0 aliphatic rings. The Hall–Kier alpha value is -2.00. The molecule has 0 radical (unpaired) electrons. The normalized spacial score (nSPS) is 11.8. The zero-order valence-electron chi connectivity index (χ0n) is 13.0. The SMILES string of the molecule is CC[C@H](Oc1cccc(Cl)c1)C(=O)Nc1cccc(C)c1C. The van der Waals surface area contributed by atoms with Gasteiger partial charge in [-0.3, -0.25) is 4.79 Å². The van der Waals surface area contributed by atoms with Crippen molar-refractivity contribution in [3.8, 4) is 5.75 Å². The molecular weight excluding hydrogens is 298 g/mol. The molecule has 1 N–H and O–H groups in total. The van der Waals surface area contributed by atoms with Crippen molar-refractivity contribution in [2.75, 3.05) is 5.32 Å². The van der Waals surface area contributed by atoms with E-state index in [1.165, 1.54) is 0 Å². The molecule has 0 aliphatic heterocycles. The molecule has 4 heteroatoms. The second-order valence-electron chi connectivity index (χ2n) is 5.21. The molecule has 3 nitrogen and oxygen atoms in total. The lowest BCUT2D eigenvalue weighted by Gasteiger charge is -2.18. The quantitative estimate of drug-likeness (QED) is 0.864. The minimum Gasteiger partial charge on any atom is -0.481 e. The first kappa shape index (κ1) is 16.4. The average Bonchev–Trinajstić information content (AvgIpc) is 2.49. The summed E-state index contributed by atoms with van der Waals surface area (Å²) >= 11 is 5.94. The lowest BCUT2D eigenvalue weighted by atomic mass is 10.1. The second-order valence-corrected chi connectivity index (χ2v) is 5.65. The van der Waals surface area contributed by atoms with Crippen molar-refractivity contribution < 1.29 is 9.53 Å². The summed E-state index contributed by atoms with van der Waals surface area (Å²) in [7, 11) is 0. The number of hydrogen-bond donors (Lipinski definition) is 1.